The average Bonchev–Trinajstić information content (AvgIpc) is 2.35. The maximum absolute atomic E-state index is 11.8. The standard InChI is InChI=1S/C14H23N3O4/c1-5-9-6-17(13(21)16-11(9)18)7-10(12(19)20)15-8-14(2,3)4/h6,10,15H,5,7-8H2,1-4H3,(H,19,20)(H,16,18,21)/t10-/m0/s1. The molecule has 0 aliphatic rings. The van der Waals surface area contributed by atoms with Crippen LogP contribution in [0.25, 0.3) is 0 Å². The van der Waals surface area contributed by atoms with Crippen molar-refractivity contribution in [3.8, 4) is 0 Å². The second-order valence-corrected chi connectivity index (χ2v) is 6.25. The molecule has 0 saturated heterocycles. The minimum Gasteiger partial charge on any atom is -0.480 e. The molecule has 0 aromatic carbocycles. The number of aliphatic carboxylic acids is 1. The second kappa shape index (κ2) is 6.71. The molecule has 0 bridgehead atoms. The van der Waals surface area contributed by atoms with Gasteiger partial charge in [-0.25, -0.2) is 4.79 Å². The number of H-pyrrole nitrogens is 1. The van der Waals surface area contributed by atoms with Crippen LogP contribution in [0.2, 0.25) is 0 Å². The zero-order chi connectivity index (χ0) is 16.2. The molecule has 1 heterocycles. The molecule has 1 aromatic rings. The van der Waals surface area contributed by atoms with Gasteiger partial charge in [-0.15, -0.1) is 0 Å². The van der Waals surface area contributed by atoms with E-state index < -0.39 is 23.3 Å². The topological polar surface area (TPSA) is 104 Å². The number of carboxylic acids is 1. The Morgan fingerprint density at radius 2 is 2.05 bits per heavy atom. The highest BCUT2D eigenvalue weighted by molar-refractivity contribution is 5.73. The van der Waals surface area contributed by atoms with E-state index in [1.54, 1.807) is 6.92 Å². The van der Waals surface area contributed by atoms with Crippen molar-refractivity contribution in [2.75, 3.05) is 6.54 Å². The van der Waals surface area contributed by atoms with Crippen molar-refractivity contribution in [3.05, 3.63) is 32.6 Å². The van der Waals surface area contributed by atoms with Crippen molar-refractivity contribution in [2.24, 2.45) is 5.41 Å². The maximum atomic E-state index is 11.8. The number of nitrogens with zero attached hydrogens (tertiary/aromatic N) is 1. The minimum absolute atomic E-state index is 0.0337. The van der Waals surface area contributed by atoms with Gasteiger partial charge in [-0.05, 0) is 11.8 Å². The van der Waals surface area contributed by atoms with Crippen molar-refractivity contribution in [1.82, 2.24) is 14.9 Å². The normalized spacial score (nSPS) is 13.1. The van der Waals surface area contributed by atoms with Crippen molar-refractivity contribution in [1.29, 1.82) is 0 Å². The number of carbonyl (C=O) groups is 1. The fourth-order valence-corrected chi connectivity index (χ4v) is 1.80. The number of carboxylic acid groups (broad SMARTS) is 1. The van der Waals surface area contributed by atoms with Crippen LogP contribution in [0.15, 0.2) is 15.8 Å². The summed E-state index contributed by atoms with van der Waals surface area (Å²) in [6, 6.07) is -0.891. The summed E-state index contributed by atoms with van der Waals surface area (Å²) >= 11 is 0. The molecule has 0 spiro atoms. The molecule has 0 aliphatic heterocycles. The van der Waals surface area contributed by atoms with E-state index in [-0.39, 0.29) is 12.0 Å². The summed E-state index contributed by atoms with van der Waals surface area (Å²) in [7, 11) is 0. The predicted octanol–water partition coefficient (Wildman–Crippen LogP) is 0.188. The van der Waals surface area contributed by atoms with Gasteiger partial charge in [0.1, 0.15) is 6.04 Å². The van der Waals surface area contributed by atoms with Crippen molar-refractivity contribution >= 4 is 5.97 Å². The molecule has 1 aromatic heterocycles. The van der Waals surface area contributed by atoms with E-state index in [1.165, 1.54) is 10.8 Å². The first-order chi connectivity index (χ1) is 9.64. The molecule has 7 nitrogen and oxygen atoms in total. The van der Waals surface area contributed by atoms with Gasteiger partial charge in [0.2, 0.25) is 0 Å². The van der Waals surface area contributed by atoms with Gasteiger partial charge in [0.05, 0.1) is 6.54 Å². The molecule has 3 N–H and O–H groups in total. The Morgan fingerprint density at radius 3 is 2.52 bits per heavy atom. The van der Waals surface area contributed by atoms with Crippen LogP contribution in [0.1, 0.15) is 33.3 Å². The SMILES string of the molecule is CCc1cn(C[C@H](NCC(C)(C)C)C(=O)O)c(=O)[nH]c1=O. The van der Waals surface area contributed by atoms with Gasteiger partial charge in [0.25, 0.3) is 5.56 Å². The van der Waals surface area contributed by atoms with E-state index in [4.69, 9.17) is 0 Å². The van der Waals surface area contributed by atoms with Crippen LogP contribution in [0.5, 0.6) is 0 Å². The fraction of sp³-hybridized carbons (Fsp3) is 0.643. The molecule has 0 fully saturated rings. The minimum atomic E-state index is -1.03. The first-order valence-corrected chi connectivity index (χ1v) is 6.93. The molecular formula is C14H23N3O4. The summed E-state index contributed by atoms with van der Waals surface area (Å²) in [4.78, 5) is 36.8. The van der Waals surface area contributed by atoms with Gasteiger partial charge in [0.15, 0.2) is 0 Å². The lowest BCUT2D eigenvalue weighted by Crippen LogP contribution is -2.46. The van der Waals surface area contributed by atoms with E-state index in [0.717, 1.165) is 0 Å². The lowest BCUT2D eigenvalue weighted by molar-refractivity contribution is -0.140. The fourth-order valence-electron chi connectivity index (χ4n) is 1.80. The summed E-state index contributed by atoms with van der Waals surface area (Å²) in [5, 5.41) is 12.2. The second-order valence-electron chi connectivity index (χ2n) is 6.25. The van der Waals surface area contributed by atoms with Crippen molar-refractivity contribution in [2.45, 2.75) is 46.7 Å². The van der Waals surface area contributed by atoms with E-state index in [9.17, 15) is 19.5 Å². The van der Waals surface area contributed by atoms with Crippen LogP contribution < -0.4 is 16.6 Å². The largest absolute Gasteiger partial charge is 0.480 e. The van der Waals surface area contributed by atoms with Crippen LogP contribution in [-0.2, 0) is 17.8 Å². The molecule has 0 saturated carbocycles. The molecule has 1 atom stereocenters. The Labute approximate surface area is 123 Å². The van der Waals surface area contributed by atoms with Crippen molar-refractivity contribution < 1.29 is 9.90 Å². The highest BCUT2D eigenvalue weighted by Gasteiger charge is 2.21. The Balaban J connectivity index is 2.97. The zero-order valence-electron chi connectivity index (χ0n) is 12.9. The van der Waals surface area contributed by atoms with Crippen LogP contribution in [-0.4, -0.2) is 33.2 Å². The molecule has 21 heavy (non-hydrogen) atoms. The monoisotopic (exact) mass is 297 g/mol. The Bertz CT molecular complexity index is 610. The Kier molecular flexibility index (Phi) is 5.48. The van der Waals surface area contributed by atoms with E-state index in [2.05, 4.69) is 10.3 Å². The number of hydrogen-bond donors (Lipinski definition) is 3. The summed E-state index contributed by atoms with van der Waals surface area (Å²) in [5.74, 6) is -1.03. The first-order valence-electron chi connectivity index (χ1n) is 6.93. The number of nitrogens with one attached hydrogen (secondary N) is 2. The average molecular weight is 297 g/mol. The van der Waals surface area contributed by atoms with Crippen LogP contribution >= 0.6 is 0 Å². The molecule has 1 rings (SSSR count). The molecule has 0 unspecified atom stereocenters. The van der Waals surface area contributed by atoms with E-state index in [0.29, 0.717) is 18.5 Å². The number of aromatic nitrogens is 2. The zero-order valence-corrected chi connectivity index (χ0v) is 12.9. The third kappa shape index (κ3) is 5.18. The van der Waals surface area contributed by atoms with Crippen LogP contribution in [0.4, 0.5) is 0 Å². The summed E-state index contributed by atoms with van der Waals surface area (Å²) in [5.41, 5.74) is -0.637. The van der Waals surface area contributed by atoms with Crippen molar-refractivity contribution in [3.63, 3.8) is 0 Å². The molecule has 0 radical (unpaired) electrons. The Morgan fingerprint density at radius 1 is 1.43 bits per heavy atom. The van der Waals surface area contributed by atoms with Crippen LogP contribution in [0, 0.1) is 5.41 Å². The highest BCUT2D eigenvalue weighted by atomic mass is 16.4. The molecule has 0 amide bonds. The molecule has 7 heteroatoms. The maximum Gasteiger partial charge on any atom is 0.328 e. The van der Waals surface area contributed by atoms with Gasteiger partial charge in [0, 0.05) is 18.3 Å². The lowest BCUT2D eigenvalue weighted by atomic mass is 9.96. The van der Waals surface area contributed by atoms with Gasteiger partial charge < -0.3 is 10.4 Å². The quantitative estimate of drug-likeness (QED) is 0.695. The molecular weight excluding hydrogens is 274 g/mol. The van der Waals surface area contributed by atoms with E-state index in [1.807, 2.05) is 20.8 Å². The number of rotatable bonds is 6. The summed E-state index contributed by atoms with van der Waals surface area (Å²) in [6.45, 7) is 8.23. The number of aryl methyl sites for hydroxylation is 1. The third-order valence-corrected chi connectivity index (χ3v) is 3.02. The van der Waals surface area contributed by atoms with Gasteiger partial charge in [-0.1, -0.05) is 27.7 Å². The Hall–Kier alpha value is -1.89. The smallest absolute Gasteiger partial charge is 0.328 e. The van der Waals surface area contributed by atoms with Gasteiger partial charge in [-0.3, -0.25) is 19.1 Å². The highest BCUT2D eigenvalue weighted by Crippen LogP contribution is 2.11. The van der Waals surface area contributed by atoms with Gasteiger partial charge in [-0.2, -0.15) is 0 Å². The van der Waals surface area contributed by atoms with Gasteiger partial charge >= 0.3 is 11.7 Å². The number of hydrogen-bond acceptors (Lipinski definition) is 4. The lowest BCUT2D eigenvalue weighted by Gasteiger charge is -2.23. The summed E-state index contributed by atoms with van der Waals surface area (Å²) in [6.07, 6.45) is 1.90. The molecule has 0 aliphatic carbocycles. The van der Waals surface area contributed by atoms with E-state index >= 15 is 0 Å². The number of aromatic amines is 1. The van der Waals surface area contributed by atoms with Crippen LogP contribution in [0.3, 0.4) is 0 Å². The predicted molar refractivity (Wildman–Crippen MR) is 79.6 cm³/mol. The molecule has 118 valence electrons. The summed E-state index contributed by atoms with van der Waals surface area (Å²) < 4.78 is 1.23. The first kappa shape index (κ1) is 17.2. The third-order valence-electron chi connectivity index (χ3n) is 3.02.